The number of rotatable bonds is 6. The molecule has 0 atom stereocenters. The molecule has 0 saturated heterocycles. The van der Waals surface area contributed by atoms with E-state index in [1.54, 1.807) is 0 Å². The van der Waals surface area contributed by atoms with Crippen LogP contribution in [-0.2, 0) is 0 Å². The van der Waals surface area contributed by atoms with Gasteiger partial charge in [-0.05, 0) is 79.8 Å². The number of aromatic nitrogens is 1. The van der Waals surface area contributed by atoms with Gasteiger partial charge in [-0.25, -0.2) is 9.98 Å². The zero-order chi connectivity index (χ0) is 42.0. The summed E-state index contributed by atoms with van der Waals surface area (Å²) in [6.07, 6.45) is 0. The van der Waals surface area contributed by atoms with Crippen LogP contribution in [0.2, 0.25) is 0 Å². The minimum absolute atomic E-state index is 0.330. The van der Waals surface area contributed by atoms with Gasteiger partial charge in [0.2, 0.25) is 0 Å². The molecule has 2 aromatic heterocycles. The molecule has 10 aromatic carbocycles. The number of nitrogens with zero attached hydrogens (tertiary/aromatic N) is 3. The van der Waals surface area contributed by atoms with Gasteiger partial charge >= 0.3 is 0 Å². The summed E-state index contributed by atoms with van der Waals surface area (Å²) in [4.78, 5) is 10.0. The molecule has 0 aliphatic carbocycles. The van der Waals surface area contributed by atoms with Crippen LogP contribution in [0.15, 0.2) is 227 Å². The lowest BCUT2D eigenvalue weighted by Gasteiger charge is -2.12. The predicted octanol–water partition coefficient (Wildman–Crippen LogP) is 14.6. The van der Waals surface area contributed by atoms with E-state index in [-0.39, 0.29) is 0 Å². The van der Waals surface area contributed by atoms with Crippen LogP contribution in [0, 0.1) is 0 Å². The SMILES string of the molecule is C=C(N=C(N=C(N)c1cccc2oc3cc(-n4c5ccc6ccccc6c5c5c6ccccc6c(-c6ccccc6)cc54)ccc3c12)c1ccccc1)c1ccc2ccccc2c1. The maximum atomic E-state index is 7.02. The Bertz CT molecular complexity index is 3870. The number of nitrogens with two attached hydrogens (primary N) is 1. The highest BCUT2D eigenvalue weighted by Crippen LogP contribution is 2.44. The Kier molecular flexibility index (Phi) is 8.41. The van der Waals surface area contributed by atoms with Crippen molar-refractivity contribution < 1.29 is 4.42 Å². The summed E-state index contributed by atoms with van der Waals surface area (Å²) in [5.41, 5.74) is 17.2. The van der Waals surface area contributed by atoms with E-state index in [4.69, 9.17) is 20.1 Å². The second-order valence-corrected chi connectivity index (χ2v) is 16.0. The van der Waals surface area contributed by atoms with Crippen molar-refractivity contribution in [3.63, 3.8) is 0 Å². The Balaban J connectivity index is 1.03. The highest BCUT2D eigenvalue weighted by molar-refractivity contribution is 6.30. The molecule has 12 aromatic rings. The van der Waals surface area contributed by atoms with Gasteiger partial charge in [0.15, 0.2) is 5.84 Å². The van der Waals surface area contributed by atoms with Crippen molar-refractivity contribution >= 4 is 93.4 Å². The minimum atomic E-state index is 0.330. The Morgan fingerprint density at radius 2 is 1.14 bits per heavy atom. The van der Waals surface area contributed by atoms with Gasteiger partial charge in [0.1, 0.15) is 17.0 Å². The Labute approximate surface area is 363 Å². The van der Waals surface area contributed by atoms with Gasteiger partial charge in [0.05, 0.1) is 16.7 Å². The monoisotopic (exact) mass is 806 g/mol. The molecule has 0 radical (unpaired) electrons. The van der Waals surface area contributed by atoms with Gasteiger partial charge in [-0.15, -0.1) is 0 Å². The average molecular weight is 807 g/mol. The third kappa shape index (κ3) is 6.01. The van der Waals surface area contributed by atoms with Crippen molar-refractivity contribution in [2.24, 2.45) is 15.7 Å². The van der Waals surface area contributed by atoms with Gasteiger partial charge in [0, 0.05) is 50.0 Å². The van der Waals surface area contributed by atoms with Crippen LogP contribution in [0.3, 0.4) is 0 Å². The highest BCUT2D eigenvalue weighted by Gasteiger charge is 2.21. The van der Waals surface area contributed by atoms with Crippen LogP contribution < -0.4 is 5.73 Å². The van der Waals surface area contributed by atoms with Gasteiger partial charge in [-0.1, -0.05) is 170 Å². The second kappa shape index (κ2) is 14.6. The molecule has 63 heavy (non-hydrogen) atoms. The van der Waals surface area contributed by atoms with Crippen molar-refractivity contribution in [2.45, 2.75) is 0 Å². The molecule has 0 unspecified atom stereocenters. The summed E-state index contributed by atoms with van der Waals surface area (Å²) in [6.45, 7) is 4.36. The van der Waals surface area contributed by atoms with Gasteiger partial charge < -0.3 is 14.7 Å². The van der Waals surface area contributed by atoms with Crippen molar-refractivity contribution in [3.8, 4) is 16.8 Å². The molecular formula is C58H38N4O. The zero-order valence-corrected chi connectivity index (χ0v) is 34.2. The van der Waals surface area contributed by atoms with Crippen LogP contribution >= 0.6 is 0 Å². The summed E-state index contributed by atoms with van der Waals surface area (Å²) in [5, 5.41) is 11.5. The highest BCUT2D eigenvalue weighted by atomic mass is 16.3. The molecule has 5 nitrogen and oxygen atoms in total. The quantitative estimate of drug-likeness (QED) is 0.134. The summed E-state index contributed by atoms with van der Waals surface area (Å²) >= 11 is 0. The molecule has 0 aliphatic heterocycles. The number of fused-ring (bicyclic) bond motifs is 11. The first-order chi connectivity index (χ1) is 31.1. The third-order valence-corrected chi connectivity index (χ3v) is 12.3. The lowest BCUT2D eigenvalue weighted by atomic mass is 9.94. The molecule has 5 heteroatoms. The van der Waals surface area contributed by atoms with Crippen molar-refractivity contribution in [2.75, 3.05) is 0 Å². The van der Waals surface area contributed by atoms with E-state index in [0.29, 0.717) is 17.4 Å². The topological polar surface area (TPSA) is 68.8 Å². The number of furan rings is 1. The van der Waals surface area contributed by atoms with Crippen molar-refractivity contribution in [1.29, 1.82) is 0 Å². The largest absolute Gasteiger partial charge is 0.456 e. The maximum absolute atomic E-state index is 7.02. The molecule has 12 rings (SSSR count). The summed E-state index contributed by atoms with van der Waals surface area (Å²) in [7, 11) is 0. The maximum Gasteiger partial charge on any atom is 0.162 e. The molecule has 0 fully saturated rings. The number of hydrogen-bond donors (Lipinski definition) is 1. The molecule has 2 heterocycles. The van der Waals surface area contributed by atoms with Gasteiger partial charge in [-0.2, -0.15) is 0 Å². The summed E-state index contributed by atoms with van der Waals surface area (Å²) in [5.74, 6) is 0.801. The van der Waals surface area contributed by atoms with Crippen LogP contribution in [0.4, 0.5) is 0 Å². The fourth-order valence-corrected chi connectivity index (χ4v) is 9.42. The standard InChI is InChI=1S/C58H38N4O/c1-36(41-28-27-37-15-8-9-21-42(37)33-41)60-58(40-19-6-3-7-20-40)61-57(59)48-25-14-26-52-54(48)47-31-30-43(34-53(47)63-52)62-50-32-29-39-18-10-11-22-44(39)55(50)56-46-24-13-12-23-45(46)49(35-51(56)62)38-16-4-2-5-17-38/h2-35H,1H2,(H2,59,60,61). The summed E-state index contributed by atoms with van der Waals surface area (Å²) < 4.78 is 9.11. The normalized spacial score (nSPS) is 12.4. The molecule has 0 saturated carbocycles. The summed E-state index contributed by atoms with van der Waals surface area (Å²) in [6, 6.07) is 71.9. The molecule has 296 valence electrons. The van der Waals surface area contributed by atoms with E-state index in [0.717, 1.165) is 66.1 Å². The van der Waals surface area contributed by atoms with E-state index >= 15 is 0 Å². The van der Waals surface area contributed by atoms with Gasteiger partial charge in [0.25, 0.3) is 0 Å². The van der Waals surface area contributed by atoms with Crippen LogP contribution in [0.25, 0.3) is 98.6 Å². The third-order valence-electron chi connectivity index (χ3n) is 12.3. The van der Waals surface area contributed by atoms with E-state index in [9.17, 15) is 0 Å². The van der Waals surface area contributed by atoms with E-state index in [1.165, 1.54) is 43.4 Å². The first-order valence-corrected chi connectivity index (χ1v) is 21.1. The predicted molar refractivity (Wildman–Crippen MR) is 265 cm³/mol. The molecule has 0 aliphatic rings. The molecule has 0 amide bonds. The van der Waals surface area contributed by atoms with Crippen molar-refractivity contribution in [1.82, 2.24) is 4.57 Å². The van der Waals surface area contributed by atoms with E-state index in [1.807, 2.05) is 66.7 Å². The Hall–Kier alpha value is -8.54. The number of hydrogen-bond acceptors (Lipinski definition) is 2. The van der Waals surface area contributed by atoms with Crippen LogP contribution in [0.1, 0.15) is 16.7 Å². The number of benzene rings is 10. The van der Waals surface area contributed by atoms with Crippen molar-refractivity contribution in [3.05, 3.63) is 230 Å². The van der Waals surface area contributed by atoms with Gasteiger partial charge in [-0.3, -0.25) is 0 Å². The average Bonchev–Trinajstić information content (AvgIpc) is 3.89. The smallest absolute Gasteiger partial charge is 0.162 e. The lowest BCUT2D eigenvalue weighted by molar-refractivity contribution is 0.668. The number of amidine groups is 2. The molecule has 0 bridgehead atoms. The fraction of sp³-hybridized carbons (Fsp3) is 0. The zero-order valence-electron chi connectivity index (χ0n) is 34.2. The minimum Gasteiger partial charge on any atom is -0.456 e. The van der Waals surface area contributed by atoms with Crippen LogP contribution in [-0.4, -0.2) is 16.2 Å². The first kappa shape index (κ1) is 36.3. The lowest BCUT2D eigenvalue weighted by Crippen LogP contribution is -2.16. The fourth-order valence-electron chi connectivity index (χ4n) is 9.42. The first-order valence-electron chi connectivity index (χ1n) is 21.1. The molecule has 0 spiro atoms. The van der Waals surface area contributed by atoms with E-state index < -0.39 is 0 Å². The Morgan fingerprint density at radius 1 is 0.460 bits per heavy atom. The molecule has 2 N–H and O–H groups in total. The van der Waals surface area contributed by atoms with E-state index in [2.05, 4.69) is 151 Å². The number of aliphatic imine (C=N–C) groups is 2. The Morgan fingerprint density at radius 3 is 1.97 bits per heavy atom. The van der Waals surface area contributed by atoms with Crippen LogP contribution in [0.5, 0.6) is 0 Å². The molecular weight excluding hydrogens is 769 g/mol. The second-order valence-electron chi connectivity index (χ2n) is 16.0.